The molecule has 2 aromatic rings. The van der Waals surface area contributed by atoms with Crippen LogP contribution in [0.3, 0.4) is 0 Å². The second-order valence-electron chi connectivity index (χ2n) is 4.15. The number of nitrogens with zero attached hydrogens (tertiary/aromatic N) is 1. The number of nitrogens with one attached hydrogen (secondary N) is 1. The quantitative estimate of drug-likeness (QED) is 0.859. The molecule has 3 nitrogen and oxygen atoms in total. The monoisotopic (exact) mass is 352 g/mol. The third-order valence-electron chi connectivity index (χ3n) is 2.76. The van der Waals surface area contributed by atoms with Crippen molar-refractivity contribution in [3.05, 3.63) is 58.1 Å². The number of nitriles is 1. The molecule has 0 saturated heterocycles. The van der Waals surface area contributed by atoms with E-state index in [9.17, 15) is 8.78 Å². The standard InChI is InChI=1S/C15H11BrF2N2O/c16-12-7-10(8-19)5-6-13(12)20-9-11-3-1-2-4-14(11)21-15(17)18/h1-7,15,20H,9H2. The Balaban J connectivity index is 2.12. The molecular weight excluding hydrogens is 342 g/mol. The number of anilines is 1. The molecule has 1 N–H and O–H groups in total. The molecule has 0 aliphatic carbocycles. The Labute approximate surface area is 129 Å². The Kier molecular flexibility index (Phi) is 5.12. The van der Waals surface area contributed by atoms with Gasteiger partial charge in [0.25, 0.3) is 0 Å². The predicted octanol–water partition coefficient (Wildman–Crippen LogP) is 4.53. The lowest BCUT2D eigenvalue weighted by molar-refractivity contribution is -0.0504. The topological polar surface area (TPSA) is 45.0 Å². The van der Waals surface area contributed by atoms with Gasteiger partial charge in [-0.2, -0.15) is 14.0 Å². The van der Waals surface area contributed by atoms with E-state index in [1.807, 2.05) is 6.07 Å². The van der Waals surface area contributed by atoms with E-state index in [1.165, 1.54) is 6.07 Å². The van der Waals surface area contributed by atoms with Crippen LogP contribution in [0.5, 0.6) is 5.75 Å². The van der Waals surface area contributed by atoms with E-state index in [1.54, 1.807) is 36.4 Å². The molecule has 6 heteroatoms. The minimum absolute atomic E-state index is 0.143. The number of rotatable bonds is 5. The van der Waals surface area contributed by atoms with Crippen LogP contribution in [0.1, 0.15) is 11.1 Å². The summed E-state index contributed by atoms with van der Waals surface area (Å²) in [6.07, 6.45) is 0. The molecular formula is C15H11BrF2N2O. The van der Waals surface area contributed by atoms with Gasteiger partial charge in [0.1, 0.15) is 5.75 Å². The molecule has 108 valence electrons. The molecule has 0 radical (unpaired) electrons. The number of para-hydroxylation sites is 1. The molecule has 0 fully saturated rings. The molecule has 0 aromatic heterocycles. The molecule has 2 rings (SSSR count). The highest BCUT2D eigenvalue weighted by molar-refractivity contribution is 9.10. The SMILES string of the molecule is N#Cc1ccc(NCc2ccccc2OC(F)F)c(Br)c1. The van der Waals surface area contributed by atoms with Crippen molar-refractivity contribution in [3.63, 3.8) is 0 Å². The third kappa shape index (κ3) is 4.17. The van der Waals surface area contributed by atoms with Crippen LogP contribution in [-0.2, 0) is 6.54 Å². The van der Waals surface area contributed by atoms with E-state index in [-0.39, 0.29) is 5.75 Å². The number of ether oxygens (including phenoxy) is 1. The predicted molar refractivity (Wildman–Crippen MR) is 79.3 cm³/mol. The minimum Gasteiger partial charge on any atom is -0.434 e. The van der Waals surface area contributed by atoms with Gasteiger partial charge in [-0.15, -0.1) is 0 Å². The van der Waals surface area contributed by atoms with Crippen molar-refractivity contribution in [2.24, 2.45) is 0 Å². The highest BCUT2D eigenvalue weighted by Crippen LogP contribution is 2.26. The Hall–Kier alpha value is -2.13. The maximum atomic E-state index is 12.3. The van der Waals surface area contributed by atoms with E-state index in [0.717, 1.165) is 10.2 Å². The second-order valence-corrected chi connectivity index (χ2v) is 5.00. The van der Waals surface area contributed by atoms with Gasteiger partial charge >= 0.3 is 6.61 Å². The fourth-order valence-corrected chi connectivity index (χ4v) is 2.30. The van der Waals surface area contributed by atoms with Crippen LogP contribution in [0.25, 0.3) is 0 Å². The lowest BCUT2D eigenvalue weighted by Gasteiger charge is -2.13. The lowest BCUT2D eigenvalue weighted by Crippen LogP contribution is -2.07. The fraction of sp³-hybridized carbons (Fsp3) is 0.133. The number of hydrogen-bond donors (Lipinski definition) is 1. The first-order chi connectivity index (χ1) is 10.1. The van der Waals surface area contributed by atoms with E-state index >= 15 is 0 Å². The van der Waals surface area contributed by atoms with Crippen molar-refractivity contribution in [1.29, 1.82) is 5.26 Å². The summed E-state index contributed by atoms with van der Waals surface area (Å²) in [4.78, 5) is 0. The zero-order valence-corrected chi connectivity index (χ0v) is 12.4. The Bertz CT molecular complexity index is 671. The summed E-state index contributed by atoms with van der Waals surface area (Å²) in [7, 11) is 0. The normalized spacial score (nSPS) is 10.2. The summed E-state index contributed by atoms with van der Waals surface area (Å²) < 4.78 is 29.9. The average molecular weight is 353 g/mol. The third-order valence-corrected chi connectivity index (χ3v) is 3.41. The van der Waals surface area contributed by atoms with Crippen LogP contribution in [0.15, 0.2) is 46.9 Å². The molecule has 2 aromatic carbocycles. The fourth-order valence-electron chi connectivity index (χ4n) is 1.78. The van der Waals surface area contributed by atoms with Gasteiger partial charge < -0.3 is 10.1 Å². The Morgan fingerprint density at radius 2 is 2.00 bits per heavy atom. The second kappa shape index (κ2) is 7.04. The van der Waals surface area contributed by atoms with Crippen LogP contribution in [0.2, 0.25) is 0 Å². The highest BCUT2D eigenvalue weighted by atomic mass is 79.9. The van der Waals surface area contributed by atoms with Gasteiger partial charge in [-0.05, 0) is 40.2 Å². The first-order valence-corrected chi connectivity index (χ1v) is 6.85. The number of hydrogen-bond acceptors (Lipinski definition) is 3. The van der Waals surface area contributed by atoms with Crippen molar-refractivity contribution in [2.45, 2.75) is 13.2 Å². The molecule has 0 bridgehead atoms. The zero-order valence-electron chi connectivity index (χ0n) is 10.8. The number of alkyl halides is 2. The first kappa shape index (κ1) is 15.3. The van der Waals surface area contributed by atoms with Gasteiger partial charge in [0.05, 0.1) is 11.6 Å². The van der Waals surface area contributed by atoms with Crippen LogP contribution in [0.4, 0.5) is 14.5 Å². The van der Waals surface area contributed by atoms with Crippen molar-refractivity contribution in [1.82, 2.24) is 0 Å². The van der Waals surface area contributed by atoms with E-state index < -0.39 is 6.61 Å². The van der Waals surface area contributed by atoms with E-state index in [4.69, 9.17) is 5.26 Å². The summed E-state index contributed by atoms with van der Waals surface area (Å²) >= 11 is 3.36. The maximum absolute atomic E-state index is 12.3. The number of benzene rings is 2. The summed E-state index contributed by atoms with van der Waals surface area (Å²) in [6, 6.07) is 13.7. The van der Waals surface area contributed by atoms with Crippen molar-refractivity contribution >= 4 is 21.6 Å². The van der Waals surface area contributed by atoms with Crippen LogP contribution >= 0.6 is 15.9 Å². The van der Waals surface area contributed by atoms with Gasteiger partial charge in [-0.1, -0.05) is 18.2 Å². The molecule has 0 amide bonds. The Morgan fingerprint density at radius 3 is 2.67 bits per heavy atom. The molecule has 0 aliphatic heterocycles. The molecule has 0 aliphatic rings. The smallest absolute Gasteiger partial charge is 0.387 e. The van der Waals surface area contributed by atoms with Gasteiger partial charge in [-0.3, -0.25) is 0 Å². The van der Waals surface area contributed by atoms with Crippen LogP contribution in [0, 0.1) is 11.3 Å². The molecule has 0 saturated carbocycles. The average Bonchev–Trinajstić information content (AvgIpc) is 2.46. The molecule has 0 atom stereocenters. The molecule has 21 heavy (non-hydrogen) atoms. The van der Waals surface area contributed by atoms with Gasteiger partial charge in [-0.25, -0.2) is 0 Å². The van der Waals surface area contributed by atoms with Gasteiger partial charge in [0, 0.05) is 22.3 Å². The first-order valence-electron chi connectivity index (χ1n) is 6.06. The zero-order chi connectivity index (χ0) is 15.2. The molecule has 0 unspecified atom stereocenters. The van der Waals surface area contributed by atoms with Crippen molar-refractivity contribution in [3.8, 4) is 11.8 Å². The molecule has 0 spiro atoms. The Morgan fingerprint density at radius 1 is 1.24 bits per heavy atom. The largest absolute Gasteiger partial charge is 0.434 e. The summed E-state index contributed by atoms with van der Waals surface area (Å²) in [5, 5.41) is 11.9. The summed E-state index contributed by atoms with van der Waals surface area (Å²) in [6.45, 7) is -2.53. The van der Waals surface area contributed by atoms with E-state index in [0.29, 0.717) is 17.7 Å². The lowest BCUT2D eigenvalue weighted by atomic mass is 10.2. The number of halogens is 3. The van der Waals surface area contributed by atoms with Crippen LogP contribution in [-0.4, -0.2) is 6.61 Å². The van der Waals surface area contributed by atoms with Gasteiger partial charge in [0.2, 0.25) is 0 Å². The molecule has 0 heterocycles. The van der Waals surface area contributed by atoms with Crippen molar-refractivity contribution < 1.29 is 13.5 Å². The minimum atomic E-state index is -2.85. The summed E-state index contributed by atoms with van der Waals surface area (Å²) in [5.41, 5.74) is 1.92. The van der Waals surface area contributed by atoms with Crippen LogP contribution < -0.4 is 10.1 Å². The van der Waals surface area contributed by atoms with Crippen molar-refractivity contribution in [2.75, 3.05) is 5.32 Å². The maximum Gasteiger partial charge on any atom is 0.387 e. The summed E-state index contributed by atoms with van der Waals surface area (Å²) in [5.74, 6) is 0.143. The van der Waals surface area contributed by atoms with E-state index in [2.05, 4.69) is 26.0 Å². The van der Waals surface area contributed by atoms with Gasteiger partial charge in [0.15, 0.2) is 0 Å². The highest BCUT2D eigenvalue weighted by Gasteiger charge is 2.09.